The summed E-state index contributed by atoms with van der Waals surface area (Å²) in [5, 5.41) is 18.8. The van der Waals surface area contributed by atoms with Crippen molar-refractivity contribution in [1.82, 2.24) is 0 Å². The largest absolute Gasteiger partial charge is 0.480 e. The number of carbonyl (C=O) groups is 3. The van der Waals surface area contributed by atoms with E-state index in [1.165, 1.54) is 57.8 Å². The molecule has 0 aliphatic carbocycles. The third-order valence-electron chi connectivity index (χ3n) is 8.68. The van der Waals surface area contributed by atoms with Crippen LogP contribution >= 0.6 is 7.82 Å². The van der Waals surface area contributed by atoms with Crippen molar-refractivity contribution in [3.8, 4) is 0 Å². The highest BCUT2D eigenvalue weighted by atomic mass is 31.2. The number of ether oxygens (including phenoxy) is 2. The molecule has 55 heavy (non-hydrogen) atoms. The summed E-state index contributed by atoms with van der Waals surface area (Å²) in [6.45, 7) is 2.60. The number of allylic oxidation sites excluding steroid dienone is 7. The SMILES string of the molecule is CCCCCCCCCCCCCCCC(=O)OC[C@H](COP(=O)(O)OC[C@H](N)C(=O)O)OC(=O)CCC/C=C\C/C=C\C/C=C\C=C\[C@@H](O)CCCCC. The Morgan fingerprint density at radius 3 is 1.80 bits per heavy atom. The summed E-state index contributed by atoms with van der Waals surface area (Å²) in [7, 11) is -4.74. The van der Waals surface area contributed by atoms with E-state index in [0.717, 1.165) is 57.8 Å². The van der Waals surface area contributed by atoms with Crippen LogP contribution in [0.4, 0.5) is 0 Å². The van der Waals surface area contributed by atoms with Crippen LogP contribution in [0.2, 0.25) is 0 Å². The van der Waals surface area contributed by atoms with Gasteiger partial charge in [0, 0.05) is 12.8 Å². The van der Waals surface area contributed by atoms with Gasteiger partial charge in [-0.15, -0.1) is 0 Å². The average molecular weight is 800 g/mol. The van der Waals surface area contributed by atoms with Gasteiger partial charge in [-0.2, -0.15) is 0 Å². The van der Waals surface area contributed by atoms with Gasteiger partial charge in [0.2, 0.25) is 0 Å². The third kappa shape index (κ3) is 36.8. The maximum atomic E-state index is 12.6. The lowest BCUT2D eigenvalue weighted by Gasteiger charge is -2.20. The first-order valence-electron chi connectivity index (χ1n) is 20.8. The van der Waals surface area contributed by atoms with Crippen LogP contribution in [0.1, 0.15) is 162 Å². The zero-order valence-corrected chi connectivity index (χ0v) is 34.8. The van der Waals surface area contributed by atoms with Crippen LogP contribution < -0.4 is 5.73 Å². The minimum atomic E-state index is -4.74. The Morgan fingerprint density at radius 2 is 1.18 bits per heavy atom. The van der Waals surface area contributed by atoms with Crippen LogP contribution in [0.15, 0.2) is 48.6 Å². The Hall–Kier alpha value is -2.60. The van der Waals surface area contributed by atoms with Crippen LogP contribution in [0.3, 0.4) is 0 Å². The monoisotopic (exact) mass is 799 g/mol. The number of carboxylic acids is 1. The second-order valence-corrected chi connectivity index (χ2v) is 15.4. The number of esters is 2. The number of phosphoric acid groups is 1. The summed E-state index contributed by atoms with van der Waals surface area (Å²) < 4.78 is 32.5. The van der Waals surface area contributed by atoms with Gasteiger partial charge < -0.3 is 30.3 Å². The van der Waals surface area contributed by atoms with Crippen molar-refractivity contribution in [2.24, 2.45) is 5.73 Å². The van der Waals surface area contributed by atoms with Crippen LogP contribution in [-0.4, -0.2) is 71.1 Å². The average Bonchev–Trinajstić information content (AvgIpc) is 3.15. The summed E-state index contributed by atoms with van der Waals surface area (Å²) in [5.74, 6) is -2.48. The van der Waals surface area contributed by atoms with E-state index >= 15 is 0 Å². The molecule has 0 aromatic carbocycles. The molecule has 0 heterocycles. The highest BCUT2D eigenvalue weighted by molar-refractivity contribution is 7.47. The molecule has 0 aromatic rings. The van der Waals surface area contributed by atoms with E-state index in [4.69, 9.17) is 24.8 Å². The van der Waals surface area contributed by atoms with E-state index in [0.29, 0.717) is 19.3 Å². The molecule has 4 atom stereocenters. The van der Waals surface area contributed by atoms with Crippen LogP contribution in [0.25, 0.3) is 0 Å². The smallest absolute Gasteiger partial charge is 0.472 e. The fourth-order valence-corrected chi connectivity index (χ4v) is 6.12. The summed E-state index contributed by atoms with van der Waals surface area (Å²) >= 11 is 0. The fraction of sp³-hybridized carbons (Fsp3) is 0.738. The highest BCUT2D eigenvalue weighted by Gasteiger charge is 2.28. The van der Waals surface area contributed by atoms with Gasteiger partial charge in [-0.3, -0.25) is 23.4 Å². The number of hydrogen-bond acceptors (Lipinski definition) is 10. The quantitative estimate of drug-likeness (QED) is 0.0152. The maximum Gasteiger partial charge on any atom is 0.472 e. The molecular formula is C42H74NO11P. The van der Waals surface area contributed by atoms with Crippen molar-refractivity contribution in [1.29, 1.82) is 0 Å². The molecular weight excluding hydrogens is 725 g/mol. The minimum absolute atomic E-state index is 0.0654. The summed E-state index contributed by atoms with van der Waals surface area (Å²) in [6.07, 6.45) is 36.5. The number of unbranched alkanes of at least 4 members (excludes halogenated alkanes) is 15. The molecule has 13 heteroatoms. The van der Waals surface area contributed by atoms with Gasteiger partial charge >= 0.3 is 25.7 Å². The maximum absolute atomic E-state index is 12.6. The van der Waals surface area contributed by atoms with Gasteiger partial charge in [0.05, 0.1) is 19.3 Å². The summed E-state index contributed by atoms with van der Waals surface area (Å²) in [6, 6.07) is -1.54. The van der Waals surface area contributed by atoms with Gasteiger partial charge in [-0.1, -0.05) is 159 Å². The molecule has 0 saturated carbocycles. The number of hydrogen-bond donors (Lipinski definition) is 4. The van der Waals surface area contributed by atoms with Crippen LogP contribution in [0, 0.1) is 0 Å². The zero-order valence-electron chi connectivity index (χ0n) is 33.9. The molecule has 0 radical (unpaired) electrons. The van der Waals surface area contributed by atoms with Crippen molar-refractivity contribution < 1.29 is 52.6 Å². The molecule has 318 valence electrons. The molecule has 0 aliphatic heterocycles. The lowest BCUT2D eigenvalue weighted by Crippen LogP contribution is -2.34. The highest BCUT2D eigenvalue weighted by Crippen LogP contribution is 2.43. The van der Waals surface area contributed by atoms with E-state index in [9.17, 15) is 28.9 Å². The second-order valence-electron chi connectivity index (χ2n) is 14.0. The molecule has 0 aromatic heterocycles. The third-order valence-corrected chi connectivity index (χ3v) is 9.63. The standard InChI is InChI=1S/C42H74NO11P/c1-3-5-7-8-9-10-11-12-15-18-21-24-28-32-40(45)51-34-38(35-52-55(49,50)53-36-39(43)42(47)48)54-41(46)33-29-25-22-19-16-13-14-17-20-23-27-31-37(44)30-26-6-4-2/h13-14,19-20,22-23,27,31,37-39,44H,3-12,15-18,21,24-26,28-30,32-36,43H2,1-2H3,(H,47,48)(H,49,50)/b14-13-,22-19-,23-20-,31-27+/t37-,38+,39-/m0/s1. The number of aliphatic carboxylic acids is 1. The number of rotatable bonds is 38. The predicted octanol–water partition coefficient (Wildman–Crippen LogP) is 9.58. The number of nitrogens with two attached hydrogens (primary N) is 1. The molecule has 0 rings (SSSR count). The first kappa shape index (κ1) is 52.4. The number of phosphoric ester groups is 1. The van der Waals surface area contributed by atoms with Gasteiger partial charge in [0.15, 0.2) is 6.10 Å². The molecule has 0 fully saturated rings. The minimum Gasteiger partial charge on any atom is -0.480 e. The van der Waals surface area contributed by atoms with E-state index in [1.54, 1.807) is 0 Å². The van der Waals surface area contributed by atoms with Gasteiger partial charge in [0.1, 0.15) is 12.6 Å². The zero-order chi connectivity index (χ0) is 40.8. The van der Waals surface area contributed by atoms with Crippen molar-refractivity contribution >= 4 is 25.7 Å². The molecule has 0 spiro atoms. The van der Waals surface area contributed by atoms with Gasteiger partial charge in [-0.05, 0) is 38.5 Å². The Bertz CT molecular complexity index is 1140. The van der Waals surface area contributed by atoms with Crippen LogP contribution in [-0.2, 0) is 37.5 Å². The fourth-order valence-electron chi connectivity index (χ4n) is 5.34. The molecule has 0 amide bonds. The van der Waals surface area contributed by atoms with E-state index in [1.807, 2.05) is 42.5 Å². The normalized spacial score (nSPS) is 14.9. The lowest BCUT2D eigenvalue weighted by atomic mass is 10.0. The molecule has 0 aliphatic rings. The van der Waals surface area contributed by atoms with E-state index in [2.05, 4.69) is 24.4 Å². The number of aliphatic hydroxyl groups is 1. The molecule has 1 unspecified atom stereocenters. The Balaban J connectivity index is 4.54. The lowest BCUT2D eigenvalue weighted by molar-refractivity contribution is -0.161. The summed E-state index contributed by atoms with van der Waals surface area (Å²) in [5.41, 5.74) is 5.32. The second kappa shape index (κ2) is 37.0. The Kier molecular flexibility index (Phi) is 35.3. The number of carboxylic acid groups (broad SMARTS) is 1. The summed E-state index contributed by atoms with van der Waals surface area (Å²) in [4.78, 5) is 45.8. The number of carbonyl (C=O) groups excluding carboxylic acids is 2. The molecule has 5 N–H and O–H groups in total. The van der Waals surface area contributed by atoms with Gasteiger partial charge in [-0.25, -0.2) is 4.57 Å². The predicted molar refractivity (Wildman–Crippen MR) is 218 cm³/mol. The molecule has 12 nitrogen and oxygen atoms in total. The van der Waals surface area contributed by atoms with Crippen molar-refractivity contribution in [3.63, 3.8) is 0 Å². The Labute approximate surface area is 331 Å². The van der Waals surface area contributed by atoms with E-state index in [-0.39, 0.29) is 19.4 Å². The van der Waals surface area contributed by atoms with E-state index < -0.39 is 57.2 Å². The van der Waals surface area contributed by atoms with Crippen molar-refractivity contribution in [2.45, 2.75) is 180 Å². The van der Waals surface area contributed by atoms with Crippen molar-refractivity contribution in [2.75, 3.05) is 19.8 Å². The van der Waals surface area contributed by atoms with Crippen molar-refractivity contribution in [3.05, 3.63) is 48.6 Å². The first-order chi connectivity index (χ1) is 26.5. The molecule has 0 bridgehead atoms. The van der Waals surface area contributed by atoms with Crippen LogP contribution in [0.5, 0.6) is 0 Å². The first-order valence-corrected chi connectivity index (χ1v) is 22.3. The number of aliphatic hydroxyl groups excluding tert-OH is 1. The molecule has 0 saturated heterocycles. The van der Waals surface area contributed by atoms with Gasteiger partial charge in [0.25, 0.3) is 0 Å². The topological polar surface area (TPSA) is 192 Å². The Morgan fingerprint density at radius 1 is 0.655 bits per heavy atom.